The van der Waals surface area contributed by atoms with Crippen LogP contribution in [-0.2, 0) is 6.61 Å². The van der Waals surface area contributed by atoms with E-state index in [1.165, 1.54) is 0 Å². The molecule has 2 rings (SSSR count). The van der Waals surface area contributed by atoms with E-state index in [0.29, 0.717) is 17.4 Å². The number of nitrogens with zero attached hydrogens (tertiary/aromatic N) is 1. The highest BCUT2D eigenvalue weighted by molar-refractivity contribution is 6.32. The van der Waals surface area contributed by atoms with Crippen LogP contribution in [0.25, 0.3) is 0 Å². The molecule has 0 aliphatic heterocycles. The molecule has 1 aromatic heterocycles. The second-order valence-corrected chi connectivity index (χ2v) is 5.27. The molecule has 0 saturated heterocycles. The van der Waals surface area contributed by atoms with Crippen LogP contribution in [-0.4, -0.2) is 12.0 Å². The minimum atomic E-state index is 0.266. The van der Waals surface area contributed by atoms with Crippen LogP contribution in [0.3, 0.4) is 0 Å². The van der Waals surface area contributed by atoms with Crippen LogP contribution < -0.4 is 10.1 Å². The maximum absolute atomic E-state index is 6.26. The predicted molar refractivity (Wildman–Crippen MR) is 82.2 cm³/mol. The van der Waals surface area contributed by atoms with Crippen LogP contribution in [0.15, 0.2) is 36.7 Å². The van der Waals surface area contributed by atoms with Crippen LogP contribution in [0.2, 0.25) is 5.02 Å². The zero-order chi connectivity index (χ0) is 14.5. The van der Waals surface area contributed by atoms with E-state index in [9.17, 15) is 0 Å². The highest BCUT2D eigenvalue weighted by atomic mass is 35.5. The Bertz CT molecular complexity index is 586. The molecule has 1 atom stereocenters. The second-order valence-electron chi connectivity index (χ2n) is 4.86. The maximum Gasteiger partial charge on any atom is 0.138 e. The number of pyridine rings is 1. The summed E-state index contributed by atoms with van der Waals surface area (Å²) in [5.41, 5.74) is 3.30. The van der Waals surface area contributed by atoms with E-state index in [-0.39, 0.29) is 6.04 Å². The van der Waals surface area contributed by atoms with Crippen molar-refractivity contribution >= 4 is 11.6 Å². The topological polar surface area (TPSA) is 34.1 Å². The van der Waals surface area contributed by atoms with Gasteiger partial charge in [0.05, 0.1) is 5.02 Å². The van der Waals surface area contributed by atoms with Crippen LogP contribution in [0, 0.1) is 6.92 Å². The van der Waals surface area contributed by atoms with Crippen molar-refractivity contribution in [2.45, 2.75) is 26.5 Å². The summed E-state index contributed by atoms with van der Waals surface area (Å²) in [6, 6.07) is 8.19. The fraction of sp³-hybridized carbons (Fsp3) is 0.312. The molecule has 0 spiro atoms. The standard InChI is InChI=1S/C16H19ClN2O/c1-11-6-13(9-19-8-11)10-20-16-5-4-14(7-15(16)17)12(2)18-3/h4-9,12,18H,10H2,1-3H3. The Hall–Kier alpha value is -1.58. The number of aryl methyl sites for hydroxylation is 1. The van der Waals surface area contributed by atoms with Crippen LogP contribution >= 0.6 is 11.6 Å². The smallest absolute Gasteiger partial charge is 0.138 e. The van der Waals surface area contributed by atoms with E-state index in [0.717, 1.165) is 16.7 Å². The molecule has 20 heavy (non-hydrogen) atoms. The molecule has 1 N–H and O–H groups in total. The third kappa shape index (κ3) is 3.71. The first-order valence-corrected chi connectivity index (χ1v) is 6.98. The minimum absolute atomic E-state index is 0.266. The summed E-state index contributed by atoms with van der Waals surface area (Å²) in [4.78, 5) is 4.15. The monoisotopic (exact) mass is 290 g/mol. The van der Waals surface area contributed by atoms with Gasteiger partial charge in [-0.05, 0) is 50.2 Å². The summed E-state index contributed by atoms with van der Waals surface area (Å²) >= 11 is 6.26. The van der Waals surface area contributed by atoms with Crippen LogP contribution in [0.5, 0.6) is 5.75 Å². The molecule has 0 aliphatic rings. The first kappa shape index (κ1) is 14.8. The Kier molecular flexibility index (Phi) is 4.99. The quantitative estimate of drug-likeness (QED) is 0.907. The molecule has 106 valence electrons. The fourth-order valence-electron chi connectivity index (χ4n) is 1.93. The van der Waals surface area contributed by atoms with Crippen molar-refractivity contribution < 1.29 is 4.74 Å². The van der Waals surface area contributed by atoms with Gasteiger partial charge in [-0.25, -0.2) is 0 Å². The number of aromatic nitrogens is 1. The Morgan fingerprint density at radius 3 is 2.75 bits per heavy atom. The first-order valence-electron chi connectivity index (χ1n) is 6.60. The van der Waals surface area contributed by atoms with Gasteiger partial charge in [-0.15, -0.1) is 0 Å². The van der Waals surface area contributed by atoms with Crippen molar-refractivity contribution in [1.82, 2.24) is 10.3 Å². The van der Waals surface area contributed by atoms with E-state index in [2.05, 4.69) is 23.3 Å². The molecule has 4 heteroatoms. The molecule has 0 radical (unpaired) electrons. The lowest BCUT2D eigenvalue weighted by atomic mass is 10.1. The summed E-state index contributed by atoms with van der Waals surface area (Å²) in [5.74, 6) is 0.695. The number of hydrogen-bond acceptors (Lipinski definition) is 3. The van der Waals surface area contributed by atoms with Crippen molar-refractivity contribution in [3.05, 3.63) is 58.4 Å². The van der Waals surface area contributed by atoms with E-state index in [1.807, 2.05) is 38.4 Å². The lowest BCUT2D eigenvalue weighted by Crippen LogP contribution is -2.12. The van der Waals surface area contributed by atoms with Gasteiger partial charge >= 0.3 is 0 Å². The molecule has 1 heterocycles. The zero-order valence-corrected chi connectivity index (χ0v) is 12.7. The maximum atomic E-state index is 6.26. The highest BCUT2D eigenvalue weighted by Gasteiger charge is 2.07. The summed E-state index contributed by atoms with van der Waals surface area (Å²) in [6.45, 7) is 4.57. The molecule has 0 fully saturated rings. The lowest BCUT2D eigenvalue weighted by Gasteiger charge is -2.13. The molecular formula is C16H19ClN2O. The van der Waals surface area contributed by atoms with Crippen molar-refractivity contribution in [3.8, 4) is 5.75 Å². The molecule has 0 saturated carbocycles. The van der Waals surface area contributed by atoms with Gasteiger partial charge in [-0.2, -0.15) is 0 Å². The Morgan fingerprint density at radius 2 is 2.10 bits per heavy atom. The Morgan fingerprint density at radius 1 is 1.30 bits per heavy atom. The van der Waals surface area contributed by atoms with Crippen molar-refractivity contribution in [1.29, 1.82) is 0 Å². The van der Waals surface area contributed by atoms with Gasteiger partial charge in [0.1, 0.15) is 12.4 Å². The largest absolute Gasteiger partial charge is 0.487 e. The van der Waals surface area contributed by atoms with Gasteiger partial charge < -0.3 is 10.1 Å². The van der Waals surface area contributed by atoms with Crippen molar-refractivity contribution in [2.75, 3.05) is 7.05 Å². The molecule has 3 nitrogen and oxygen atoms in total. The van der Waals surface area contributed by atoms with E-state index < -0.39 is 0 Å². The molecule has 1 unspecified atom stereocenters. The Labute approximate surface area is 124 Å². The van der Waals surface area contributed by atoms with E-state index in [1.54, 1.807) is 6.20 Å². The zero-order valence-electron chi connectivity index (χ0n) is 12.0. The normalized spacial score (nSPS) is 12.2. The summed E-state index contributed by atoms with van der Waals surface area (Å²) < 4.78 is 5.75. The molecule has 2 aromatic rings. The second kappa shape index (κ2) is 6.73. The molecular weight excluding hydrogens is 272 g/mol. The van der Waals surface area contributed by atoms with Gasteiger partial charge in [0.2, 0.25) is 0 Å². The Balaban J connectivity index is 2.07. The van der Waals surface area contributed by atoms with Gasteiger partial charge in [-0.3, -0.25) is 4.98 Å². The molecule has 0 amide bonds. The minimum Gasteiger partial charge on any atom is -0.487 e. The number of halogens is 1. The molecule has 1 aromatic carbocycles. The third-order valence-corrected chi connectivity index (χ3v) is 3.51. The van der Waals surface area contributed by atoms with Gasteiger partial charge in [0.25, 0.3) is 0 Å². The first-order chi connectivity index (χ1) is 9.60. The van der Waals surface area contributed by atoms with Gasteiger partial charge in [0.15, 0.2) is 0 Å². The lowest BCUT2D eigenvalue weighted by molar-refractivity contribution is 0.305. The van der Waals surface area contributed by atoms with Crippen LogP contribution in [0.1, 0.15) is 29.7 Å². The van der Waals surface area contributed by atoms with Gasteiger partial charge in [-0.1, -0.05) is 17.7 Å². The number of rotatable bonds is 5. The summed E-state index contributed by atoms with van der Waals surface area (Å²) in [5, 5.41) is 3.81. The average molecular weight is 291 g/mol. The summed E-state index contributed by atoms with van der Waals surface area (Å²) in [6.07, 6.45) is 3.63. The number of benzene rings is 1. The number of nitrogens with one attached hydrogen (secondary N) is 1. The fourth-order valence-corrected chi connectivity index (χ4v) is 2.17. The number of ether oxygens (including phenoxy) is 1. The molecule has 0 bridgehead atoms. The van der Waals surface area contributed by atoms with Crippen molar-refractivity contribution in [2.24, 2.45) is 0 Å². The van der Waals surface area contributed by atoms with E-state index >= 15 is 0 Å². The summed E-state index contributed by atoms with van der Waals surface area (Å²) in [7, 11) is 1.92. The average Bonchev–Trinajstić information content (AvgIpc) is 2.45. The van der Waals surface area contributed by atoms with E-state index in [4.69, 9.17) is 16.3 Å². The number of hydrogen-bond donors (Lipinski definition) is 1. The predicted octanol–water partition coefficient (Wildman–Crippen LogP) is 3.90. The molecule has 0 aliphatic carbocycles. The third-order valence-electron chi connectivity index (χ3n) is 3.21. The van der Waals surface area contributed by atoms with Crippen molar-refractivity contribution in [3.63, 3.8) is 0 Å². The van der Waals surface area contributed by atoms with Crippen LogP contribution in [0.4, 0.5) is 0 Å². The highest BCUT2D eigenvalue weighted by Crippen LogP contribution is 2.28. The van der Waals surface area contributed by atoms with Gasteiger partial charge in [0, 0.05) is 24.0 Å². The SMILES string of the molecule is CNC(C)c1ccc(OCc2cncc(C)c2)c(Cl)c1.